The van der Waals surface area contributed by atoms with Crippen LogP contribution in [0.4, 0.5) is 0 Å². The molecule has 0 aromatic carbocycles. The lowest BCUT2D eigenvalue weighted by Gasteiger charge is -2.19. The molecule has 0 aliphatic heterocycles. The largest absolute Gasteiger partial charge is 0.334 e. The van der Waals surface area contributed by atoms with Crippen LogP contribution in [0.15, 0.2) is 0 Å². The highest BCUT2D eigenvalue weighted by atomic mass is 31.1. The molecule has 4 heteroatoms. The van der Waals surface area contributed by atoms with Gasteiger partial charge < -0.3 is 4.52 Å². The average Bonchev–Trinajstić information content (AvgIpc) is 2.05. The zero-order chi connectivity index (χ0) is 7.40. The van der Waals surface area contributed by atoms with Gasteiger partial charge in [-0.2, -0.15) is 0 Å². The third-order valence-corrected chi connectivity index (χ3v) is 3.79. The van der Waals surface area contributed by atoms with E-state index in [1.54, 1.807) is 7.11 Å². The van der Waals surface area contributed by atoms with Gasteiger partial charge in [0.2, 0.25) is 0 Å². The van der Waals surface area contributed by atoms with Crippen LogP contribution in [0.2, 0.25) is 0 Å². The molecule has 66 valence electrons. The van der Waals surface area contributed by atoms with E-state index in [4.69, 9.17) is 4.52 Å². The quantitative estimate of drug-likeness (QED) is 0.486. The Labute approximate surface area is 79.7 Å². The van der Waals surface area contributed by atoms with Gasteiger partial charge in [-0.3, -0.25) is 4.57 Å². The maximum atomic E-state index is 11.1. The molecule has 1 aliphatic rings. The van der Waals surface area contributed by atoms with Gasteiger partial charge in [0, 0.05) is 12.8 Å². The lowest BCUT2D eigenvalue weighted by Crippen LogP contribution is -2.07. The van der Waals surface area contributed by atoms with Gasteiger partial charge in [0.25, 0.3) is 0 Å². The van der Waals surface area contributed by atoms with E-state index in [1.165, 1.54) is 19.3 Å². The Balaban J connectivity index is 0.000001000. The molecular weight excluding hydrogens is 174 g/mol. The lowest BCUT2D eigenvalue weighted by atomic mass is 10.0. The van der Waals surface area contributed by atoms with Crippen molar-refractivity contribution in [1.29, 1.82) is 0 Å². The standard InChI is InChI=1S/C7H15O2P.Al.3H/c1-9-10(8)7-5-3-2-4-6-7;;;;/h7,10H,2-6H2,1H3;;;;. The first-order chi connectivity index (χ1) is 4.84. The molecule has 0 heterocycles. The first-order valence-electron chi connectivity index (χ1n) is 3.92. The molecule has 1 saturated carbocycles. The van der Waals surface area contributed by atoms with Crippen molar-refractivity contribution >= 4 is 25.4 Å². The summed E-state index contributed by atoms with van der Waals surface area (Å²) in [5.41, 5.74) is 0.392. The van der Waals surface area contributed by atoms with Crippen LogP contribution in [0.3, 0.4) is 0 Å². The molecule has 0 aromatic rings. The highest BCUT2D eigenvalue weighted by Crippen LogP contribution is 2.38. The molecule has 0 spiro atoms. The molecule has 1 aliphatic carbocycles. The van der Waals surface area contributed by atoms with Gasteiger partial charge in [-0.25, -0.2) is 0 Å². The fourth-order valence-corrected chi connectivity index (χ4v) is 2.72. The molecule has 1 atom stereocenters. The molecule has 1 unspecified atom stereocenters. The third kappa shape index (κ3) is 3.76. The average molecular weight is 192 g/mol. The van der Waals surface area contributed by atoms with E-state index in [0.29, 0.717) is 5.66 Å². The van der Waals surface area contributed by atoms with Crippen LogP contribution < -0.4 is 0 Å². The molecule has 0 N–H and O–H groups in total. The van der Waals surface area contributed by atoms with Crippen LogP contribution >= 0.6 is 8.03 Å². The first-order valence-corrected chi connectivity index (χ1v) is 5.32. The van der Waals surface area contributed by atoms with Crippen molar-refractivity contribution in [3.63, 3.8) is 0 Å². The van der Waals surface area contributed by atoms with Crippen LogP contribution in [0, 0.1) is 0 Å². The van der Waals surface area contributed by atoms with E-state index in [1.807, 2.05) is 0 Å². The Kier molecular flexibility index (Phi) is 6.67. The Morgan fingerprint density at radius 3 is 2.27 bits per heavy atom. The van der Waals surface area contributed by atoms with E-state index < -0.39 is 8.03 Å². The van der Waals surface area contributed by atoms with Crippen LogP contribution in [0.1, 0.15) is 32.1 Å². The van der Waals surface area contributed by atoms with Crippen molar-refractivity contribution in [3.05, 3.63) is 0 Å². The second kappa shape index (κ2) is 6.26. The van der Waals surface area contributed by atoms with E-state index in [2.05, 4.69) is 0 Å². The summed E-state index contributed by atoms with van der Waals surface area (Å²) in [4.78, 5) is 0. The third-order valence-electron chi connectivity index (χ3n) is 2.14. The van der Waals surface area contributed by atoms with E-state index in [-0.39, 0.29) is 17.4 Å². The number of hydrogen-bond acceptors (Lipinski definition) is 2. The fourth-order valence-electron chi connectivity index (χ4n) is 1.50. The molecule has 1 rings (SSSR count). The fraction of sp³-hybridized carbons (Fsp3) is 1.00. The van der Waals surface area contributed by atoms with Crippen LogP contribution in [0.25, 0.3) is 0 Å². The first kappa shape index (κ1) is 11.7. The van der Waals surface area contributed by atoms with Crippen LogP contribution in [-0.2, 0) is 9.09 Å². The molecule has 0 amide bonds. The summed E-state index contributed by atoms with van der Waals surface area (Å²) in [6, 6.07) is 0. The summed E-state index contributed by atoms with van der Waals surface area (Å²) < 4.78 is 16.0. The van der Waals surface area contributed by atoms with Gasteiger partial charge in [-0.1, -0.05) is 19.3 Å². The van der Waals surface area contributed by atoms with E-state index in [9.17, 15) is 4.57 Å². The van der Waals surface area contributed by atoms with Gasteiger partial charge in [-0.05, 0) is 12.8 Å². The highest BCUT2D eigenvalue weighted by molar-refractivity contribution is 7.40. The summed E-state index contributed by atoms with van der Waals surface area (Å²) in [6.45, 7) is 0. The normalized spacial score (nSPS) is 22.3. The molecule has 1 fully saturated rings. The minimum atomic E-state index is -1.68. The van der Waals surface area contributed by atoms with Crippen LogP contribution in [0.5, 0.6) is 0 Å². The summed E-state index contributed by atoms with van der Waals surface area (Å²) >= 11 is 0. The minimum Gasteiger partial charge on any atom is -0.334 e. The molecular formula is C7H18AlO2P. The monoisotopic (exact) mass is 192 g/mol. The van der Waals surface area contributed by atoms with Gasteiger partial charge in [0.15, 0.2) is 25.4 Å². The van der Waals surface area contributed by atoms with Crippen molar-refractivity contribution < 1.29 is 9.09 Å². The number of rotatable bonds is 2. The van der Waals surface area contributed by atoms with Crippen molar-refractivity contribution in [3.8, 4) is 0 Å². The van der Waals surface area contributed by atoms with E-state index >= 15 is 0 Å². The Morgan fingerprint density at radius 1 is 1.27 bits per heavy atom. The van der Waals surface area contributed by atoms with Crippen molar-refractivity contribution in [2.75, 3.05) is 7.11 Å². The van der Waals surface area contributed by atoms with Gasteiger partial charge in [-0.15, -0.1) is 0 Å². The Hall–Kier alpha value is 0.722. The second-order valence-electron chi connectivity index (χ2n) is 2.86. The lowest BCUT2D eigenvalue weighted by molar-refractivity contribution is 0.385. The molecule has 2 nitrogen and oxygen atoms in total. The Bertz CT molecular complexity index is 124. The topological polar surface area (TPSA) is 26.3 Å². The van der Waals surface area contributed by atoms with Gasteiger partial charge in [0.1, 0.15) is 0 Å². The summed E-state index contributed by atoms with van der Waals surface area (Å²) in [5.74, 6) is 0. The van der Waals surface area contributed by atoms with Crippen molar-refractivity contribution in [1.82, 2.24) is 0 Å². The zero-order valence-electron chi connectivity index (χ0n) is 6.43. The van der Waals surface area contributed by atoms with E-state index in [0.717, 1.165) is 12.8 Å². The summed E-state index contributed by atoms with van der Waals surface area (Å²) in [5, 5.41) is 0. The molecule has 0 aromatic heterocycles. The van der Waals surface area contributed by atoms with Crippen LogP contribution in [-0.4, -0.2) is 30.1 Å². The minimum absolute atomic E-state index is 0. The van der Waals surface area contributed by atoms with Gasteiger partial charge >= 0.3 is 0 Å². The maximum Gasteiger partial charge on any atom is 0.194 e. The highest BCUT2D eigenvalue weighted by Gasteiger charge is 2.18. The smallest absolute Gasteiger partial charge is 0.194 e. The number of hydrogen-bond donors (Lipinski definition) is 0. The zero-order valence-corrected chi connectivity index (χ0v) is 7.43. The second-order valence-corrected chi connectivity index (χ2v) is 4.72. The maximum absolute atomic E-state index is 11.1. The van der Waals surface area contributed by atoms with Crippen molar-refractivity contribution in [2.45, 2.75) is 37.8 Å². The summed E-state index contributed by atoms with van der Waals surface area (Å²) in [7, 11) is -0.128. The predicted molar refractivity (Wildman–Crippen MR) is 52.8 cm³/mol. The molecule has 0 radical (unpaired) electrons. The van der Waals surface area contributed by atoms with Crippen molar-refractivity contribution in [2.24, 2.45) is 0 Å². The molecule has 11 heavy (non-hydrogen) atoms. The SMILES string of the molecule is CO[PH](=O)C1CCCCC1.[AlH3]. The Morgan fingerprint density at radius 2 is 1.82 bits per heavy atom. The predicted octanol–water partition coefficient (Wildman–Crippen LogP) is 1.26. The van der Waals surface area contributed by atoms with Gasteiger partial charge in [0.05, 0.1) is 0 Å². The molecule has 0 bridgehead atoms. The molecule has 0 saturated heterocycles. The summed E-state index contributed by atoms with van der Waals surface area (Å²) in [6.07, 6.45) is 6.03.